The minimum Gasteiger partial charge on any atom is -0.443 e. The lowest BCUT2D eigenvalue weighted by molar-refractivity contribution is -0.159. The molecule has 0 bridgehead atoms. The van der Waals surface area contributed by atoms with Crippen LogP contribution >= 0.6 is 22.9 Å². The summed E-state index contributed by atoms with van der Waals surface area (Å²) in [7, 11) is 0. The average Bonchev–Trinajstić information content (AvgIpc) is 3.52. The Balaban J connectivity index is 1.51. The van der Waals surface area contributed by atoms with Crippen LogP contribution in [0.5, 0.6) is 0 Å². The minimum absolute atomic E-state index is 0.223. The van der Waals surface area contributed by atoms with Crippen molar-refractivity contribution in [2.75, 3.05) is 11.5 Å². The molecule has 47 heavy (non-hydrogen) atoms. The first-order chi connectivity index (χ1) is 21.8. The third-order valence-electron chi connectivity index (χ3n) is 7.41. The Labute approximate surface area is 284 Å². The number of rotatable bonds is 5. The van der Waals surface area contributed by atoms with Gasteiger partial charge in [-0.25, -0.2) is 9.59 Å². The fourth-order valence-corrected chi connectivity index (χ4v) is 6.80. The molecule has 4 aromatic rings. The van der Waals surface area contributed by atoms with Crippen LogP contribution in [0.2, 0.25) is 5.02 Å². The van der Waals surface area contributed by atoms with E-state index in [0.717, 1.165) is 36.7 Å². The molecule has 0 saturated carbocycles. The predicted molar refractivity (Wildman–Crippen MR) is 186 cm³/mol. The Kier molecular flexibility index (Phi) is 9.24. The number of nitrogens with zero attached hydrogens (tertiary/aromatic N) is 2. The summed E-state index contributed by atoms with van der Waals surface area (Å²) in [6.45, 7) is 16.6. The predicted octanol–water partition coefficient (Wildman–Crippen LogP) is 9.34. The molecule has 2 amide bonds. The fourth-order valence-electron chi connectivity index (χ4n) is 5.36. The second-order valence-corrected chi connectivity index (χ2v) is 15.8. The van der Waals surface area contributed by atoms with Gasteiger partial charge in [-0.2, -0.15) is 4.90 Å². The Hall–Kier alpha value is -3.54. The Morgan fingerprint density at radius 1 is 0.979 bits per heavy atom. The van der Waals surface area contributed by atoms with Crippen LogP contribution in [0.3, 0.4) is 0 Å². The summed E-state index contributed by atoms with van der Waals surface area (Å²) in [6, 6.07) is 16.2. The average molecular weight is 680 g/mol. The summed E-state index contributed by atoms with van der Waals surface area (Å²) < 4.78 is 24.3. The molecule has 9 nitrogen and oxygen atoms in total. The van der Waals surface area contributed by atoms with E-state index >= 15 is 0 Å². The number of aromatic nitrogens is 1. The first-order valence-electron chi connectivity index (χ1n) is 15.4. The van der Waals surface area contributed by atoms with Crippen LogP contribution in [0.1, 0.15) is 84.4 Å². The first kappa shape index (κ1) is 34.8. The van der Waals surface area contributed by atoms with Crippen LogP contribution in [0.15, 0.2) is 60.8 Å². The van der Waals surface area contributed by atoms with Crippen LogP contribution in [0, 0.1) is 0 Å². The molecule has 1 aliphatic rings. The number of amides is 2. The van der Waals surface area contributed by atoms with Crippen LogP contribution in [0.25, 0.3) is 21.3 Å². The molecule has 2 N–H and O–H groups in total. The van der Waals surface area contributed by atoms with Gasteiger partial charge in [0, 0.05) is 26.4 Å². The number of hydrogen-bond donors (Lipinski definition) is 1. The summed E-state index contributed by atoms with van der Waals surface area (Å²) in [5.74, 6) is -0.674. The van der Waals surface area contributed by atoms with Crippen LogP contribution < -0.4 is 10.6 Å². The number of carbonyl (C=O) groups excluding carboxylic acids is 2. The smallest absolute Gasteiger partial charge is 0.424 e. The number of ether oxygens (including phenoxy) is 4. The van der Waals surface area contributed by atoms with E-state index in [1.807, 2.05) is 57.2 Å². The number of halogens is 1. The highest BCUT2D eigenvalue weighted by molar-refractivity contribution is 7.19. The lowest BCUT2D eigenvalue weighted by Crippen LogP contribution is -2.43. The maximum absolute atomic E-state index is 13.3. The van der Waals surface area contributed by atoms with E-state index in [0.29, 0.717) is 17.2 Å². The third-order valence-corrected chi connectivity index (χ3v) is 9.02. The van der Waals surface area contributed by atoms with Crippen molar-refractivity contribution in [3.63, 3.8) is 0 Å². The highest BCUT2D eigenvalue weighted by Crippen LogP contribution is 2.42. The molecule has 0 radical (unpaired) electrons. The Morgan fingerprint density at radius 3 is 2.23 bits per heavy atom. The van der Waals surface area contributed by atoms with E-state index < -0.39 is 40.8 Å². The van der Waals surface area contributed by atoms with Crippen molar-refractivity contribution < 1.29 is 28.5 Å². The normalized spacial score (nSPS) is 18.6. The van der Waals surface area contributed by atoms with Gasteiger partial charge >= 0.3 is 12.2 Å². The van der Waals surface area contributed by atoms with Crippen molar-refractivity contribution in [2.24, 2.45) is 5.73 Å². The van der Waals surface area contributed by atoms with Crippen LogP contribution in [0.4, 0.5) is 15.3 Å². The molecular formula is C36H42ClN3O6S. The van der Waals surface area contributed by atoms with Gasteiger partial charge in [0.2, 0.25) is 0 Å². The summed E-state index contributed by atoms with van der Waals surface area (Å²) in [6.07, 6.45) is 0.0411. The molecule has 2 atom stereocenters. The number of pyridine rings is 1. The molecule has 1 fully saturated rings. The van der Waals surface area contributed by atoms with E-state index in [1.54, 1.807) is 65.9 Å². The topological polar surface area (TPSA) is 113 Å². The molecule has 5 rings (SSSR count). The maximum atomic E-state index is 13.3. The zero-order chi connectivity index (χ0) is 34.5. The number of carbonyl (C=O) groups is 2. The van der Waals surface area contributed by atoms with Crippen LogP contribution in [-0.4, -0.2) is 40.8 Å². The molecule has 3 heterocycles. The second kappa shape index (κ2) is 12.5. The molecule has 1 unspecified atom stereocenters. The van der Waals surface area contributed by atoms with Gasteiger partial charge in [0.15, 0.2) is 5.79 Å². The van der Waals surface area contributed by atoms with Gasteiger partial charge in [0.05, 0.1) is 24.0 Å². The fraction of sp³-hybridized carbons (Fsp3) is 0.417. The zero-order valence-corrected chi connectivity index (χ0v) is 29.8. The Morgan fingerprint density at radius 2 is 1.64 bits per heavy atom. The summed E-state index contributed by atoms with van der Waals surface area (Å²) >= 11 is 8.23. The largest absolute Gasteiger partial charge is 0.443 e. The van der Waals surface area contributed by atoms with Gasteiger partial charge in [-0.1, -0.05) is 29.8 Å². The third kappa shape index (κ3) is 7.79. The van der Waals surface area contributed by atoms with Crippen molar-refractivity contribution in [1.29, 1.82) is 0 Å². The summed E-state index contributed by atoms with van der Waals surface area (Å²) in [5.41, 5.74) is 8.05. The summed E-state index contributed by atoms with van der Waals surface area (Å²) in [4.78, 5) is 33.0. The van der Waals surface area contributed by atoms with E-state index in [1.165, 1.54) is 11.3 Å². The maximum Gasteiger partial charge on any atom is 0.424 e. The van der Waals surface area contributed by atoms with Gasteiger partial charge in [-0.15, -0.1) is 11.3 Å². The Bertz CT molecular complexity index is 1800. The monoisotopic (exact) mass is 679 g/mol. The van der Waals surface area contributed by atoms with Crippen molar-refractivity contribution in [3.05, 3.63) is 81.8 Å². The minimum atomic E-state index is -0.873. The first-order valence-corrected chi connectivity index (χ1v) is 16.6. The number of fused-ring (bicyclic) bond motifs is 1. The molecular weight excluding hydrogens is 638 g/mol. The van der Waals surface area contributed by atoms with Gasteiger partial charge < -0.3 is 24.7 Å². The standard InChI is InChI=1S/C36H42ClN3O6S/c1-33(2,3)44-31(41)40(32(42)45-34(4,5)6)23-13-14-26(37)25(19-23)29(38)28-17-21-11-10-12-24(30(21)47-28)27-18-22(15-16-39-27)36(9)20-43-35(7,8)46-36/h10-19,29H,20,38H2,1-9H3/t29-,36?/m1/s1. The molecule has 250 valence electrons. The van der Waals surface area contributed by atoms with Crippen molar-refractivity contribution in [1.82, 2.24) is 4.98 Å². The van der Waals surface area contributed by atoms with Gasteiger partial charge in [0.25, 0.3) is 0 Å². The van der Waals surface area contributed by atoms with Crippen LogP contribution in [-0.2, 0) is 24.5 Å². The van der Waals surface area contributed by atoms with Gasteiger partial charge in [-0.3, -0.25) is 4.98 Å². The number of nitrogens with two attached hydrogens (primary N) is 1. The highest BCUT2D eigenvalue weighted by atomic mass is 35.5. The highest BCUT2D eigenvalue weighted by Gasteiger charge is 2.43. The number of thiophene rings is 1. The lowest BCUT2D eigenvalue weighted by atomic mass is 9.96. The van der Waals surface area contributed by atoms with Gasteiger partial charge in [-0.05, 0) is 115 Å². The van der Waals surface area contributed by atoms with Crippen molar-refractivity contribution >= 4 is 50.9 Å². The molecule has 0 spiro atoms. The van der Waals surface area contributed by atoms with Gasteiger partial charge in [0.1, 0.15) is 16.8 Å². The van der Waals surface area contributed by atoms with E-state index in [2.05, 4.69) is 0 Å². The zero-order valence-electron chi connectivity index (χ0n) is 28.3. The molecule has 1 aliphatic heterocycles. The van der Waals surface area contributed by atoms with E-state index in [4.69, 9.17) is 41.3 Å². The SMILES string of the molecule is CC(C)(C)OC(=O)N(C(=O)OC(C)(C)C)c1ccc(Cl)c([C@@H](N)c2cc3cccc(-c4cc(C5(C)COC(C)(C)O5)ccn4)c3s2)c1. The second-order valence-electron chi connectivity index (χ2n) is 14.3. The lowest BCUT2D eigenvalue weighted by Gasteiger charge is -2.29. The number of benzene rings is 2. The number of imide groups is 1. The molecule has 0 aliphatic carbocycles. The molecule has 2 aromatic heterocycles. The number of hydrogen-bond acceptors (Lipinski definition) is 9. The molecule has 1 saturated heterocycles. The summed E-state index contributed by atoms with van der Waals surface area (Å²) in [5, 5.41) is 1.38. The molecule has 2 aromatic carbocycles. The van der Waals surface area contributed by atoms with Crippen molar-refractivity contribution in [2.45, 2.75) is 90.9 Å². The number of anilines is 1. The molecule has 11 heteroatoms. The van der Waals surface area contributed by atoms with E-state index in [9.17, 15) is 9.59 Å². The van der Waals surface area contributed by atoms with Crippen molar-refractivity contribution in [3.8, 4) is 11.3 Å². The van der Waals surface area contributed by atoms with E-state index in [-0.39, 0.29) is 5.69 Å². The quantitative estimate of drug-likeness (QED) is 0.222.